The topological polar surface area (TPSA) is 88.0 Å². The lowest BCUT2D eigenvalue weighted by molar-refractivity contribution is 0.0929. The number of rotatable bonds is 5. The summed E-state index contributed by atoms with van der Waals surface area (Å²) in [5.41, 5.74) is 2.31. The molecule has 0 aliphatic rings. The van der Waals surface area contributed by atoms with Crippen molar-refractivity contribution in [2.24, 2.45) is 0 Å². The van der Waals surface area contributed by atoms with E-state index in [1.54, 1.807) is 29.1 Å². The molecule has 0 radical (unpaired) electrons. The SMILES string of the molecule is CCC(NC(=O)c1cn2cccnc2n1)c1ncc(-c2ccccc2)[nH]1. The van der Waals surface area contributed by atoms with Gasteiger partial charge in [-0.3, -0.25) is 9.20 Å². The van der Waals surface area contributed by atoms with Crippen LogP contribution < -0.4 is 5.32 Å². The van der Waals surface area contributed by atoms with Crippen molar-refractivity contribution in [2.45, 2.75) is 19.4 Å². The molecule has 7 heteroatoms. The standard InChI is InChI=1S/C19H18N6O/c1-2-14(17-21-11-15(22-17)13-7-4-3-5-8-13)23-18(26)16-12-25-10-6-9-20-19(25)24-16/h3-12,14H,2H2,1H3,(H,21,22)(H,23,26). The molecule has 0 spiro atoms. The molecule has 1 atom stereocenters. The van der Waals surface area contributed by atoms with Crippen LogP contribution in [0, 0.1) is 0 Å². The highest BCUT2D eigenvalue weighted by atomic mass is 16.2. The number of aromatic nitrogens is 5. The molecular weight excluding hydrogens is 328 g/mol. The van der Waals surface area contributed by atoms with Gasteiger partial charge in [0.15, 0.2) is 0 Å². The van der Waals surface area contributed by atoms with Crippen LogP contribution >= 0.6 is 0 Å². The molecule has 26 heavy (non-hydrogen) atoms. The monoisotopic (exact) mass is 346 g/mol. The summed E-state index contributed by atoms with van der Waals surface area (Å²) in [5, 5.41) is 2.99. The van der Waals surface area contributed by atoms with E-state index in [0.29, 0.717) is 17.9 Å². The summed E-state index contributed by atoms with van der Waals surface area (Å²) in [6.07, 6.45) is 7.62. The van der Waals surface area contributed by atoms with Gasteiger partial charge in [-0.1, -0.05) is 37.3 Å². The van der Waals surface area contributed by atoms with Crippen molar-refractivity contribution in [1.82, 2.24) is 29.7 Å². The molecule has 0 aliphatic carbocycles. The van der Waals surface area contributed by atoms with Crippen molar-refractivity contribution in [3.8, 4) is 11.3 Å². The average Bonchev–Trinajstić information content (AvgIpc) is 3.34. The second kappa shape index (κ2) is 6.79. The van der Waals surface area contributed by atoms with Crippen molar-refractivity contribution in [2.75, 3.05) is 0 Å². The lowest BCUT2D eigenvalue weighted by Crippen LogP contribution is -2.29. The Morgan fingerprint density at radius 2 is 2.08 bits per heavy atom. The van der Waals surface area contributed by atoms with Crippen LogP contribution in [-0.2, 0) is 0 Å². The summed E-state index contributed by atoms with van der Waals surface area (Å²) in [6, 6.07) is 11.5. The average molecular weight is 346 g/mol. The van der Waals surface area contributed by atoms with Gasteiger partial charge in [0, 0.05) is 18.6 Å². The Balaban J connectivity index is 1.54. The van der Waals surface area contributed by atoms with E-state index in [1.165, 1.54) is 0 Å². The summed E-state index contributed by atoms with van der Waals surface area (Å²) in [5.74, 6) is 0.969. The molecule has 0 aliphatic heterocycles. The van der Waals surface area contributed by atoms with Crippen LogP contribution in [-0.4, -0.2) is 30.2 Å². The lowest BCUT2D eigenvalue weighted by atomic mass is 10.2. The Morgan fingerprint density at radius 3 is 2.85 bits per heavy atom. The number of nitrogens with one attached hydrogen (secondary N) is 2. The van der Waals surface area contributed by atoms with Crippen LogP contribution in [0.25, 0.3) is 17.0 Å². The van der Waals surface area contributed by atoms with Gasteiger partial charge >= 0.3 is 0 Å². The number of benzene rings is 1. The van der Waals surface area contributed by atoms with Gasteiger partial charge in [-0.05, 0) is 18.1 Å². The number of amides is 1. The zero-order valence-electron chi connectivity index (χ0n) is 14.3. The van der Waals surface area contributed by atoms with Crippen molar-refractivity contribution >= 4 is 11.7 Å². The quantitative estimate of drug-likeness (QED) is 0.581. The number of carbonyl (C=O) groups excluding carboxylic acids is 1. The fourth-order valence-corrected chi connectivity index (χ4v) is 2.81. The maximum Gasteiger partial charge on any atom is 0.272 e. The summed E-state index contributed by atoms with van der Waals surface area (Å²) >= 11 is 0. The summed E-state index contributed by atoms with van der Waals surface area (Å²) < 4.78 is 1.72. The zero-order valence-corrected chi connectivity index (χ0v) is 14.3. The predicted molar refractivity (Wildman–Crippen MR) is 97.5 cm³/mol. The van der Waals surface area contributed by atoms with Crippen LogP contribution in [0.3, 0.4) is 0 Å². The van der Waals surface area contributed by atoms with Crippen LogP contribution in [0.1, 0.15) is 35.7 Å². The molecule has 4 rings (SSSR count). The molecule has 3 heterocycles. The highest BCUT2D eigenvalue weighted by Crippen LogP contribution is 2.20. The normalized spacial score (nSPS) is 12.2. The maximum absolute atomic E-state index is 12.6. The molecule has 0 bridgehead atoms. The van der Waals surface area contributed by atoms with Gasteiger partial charge < -0.3 is 10.3 Å². The Hall–Kier alpha value is -3.48. The van der Waals surface area contributed by atoms with Gasteiger partial charge in [0.1, 0.15) is 11.5 Å². The van der Waals surface area contributed by atoms with E-state index in [4.69, 9.17) is 0 Å². The third-order valence-corrected chi connectivity index (χ3v) is 4.19. The molecule has 0 fully saturated rings. The minimum absolute atomic E-state index is 0.224. The third kappa shape index (κ3) is 3.06. The molecule has 4 aromatic rings. The summed E-state index contributed by atoms with van der Waals surface area (Å²) in [7, 11) is 0. The van der Waals surface area contributed by atoms with Crippen molar-refractivity contribution < 1.29 is 4.79 Å². The molecule has 3 aromatic heterocycles. The van der Waals surface area contributed by atoms with Gasteiger partial charge in [0.25, 0.3) is 5.91 Å². The highest BCUT2D eigenvalue weighted by Gasteiger charge is 2.19. The number of H-pyrrole nitrogens is 1. The largest absolute Gasteiger partial charge is 0.341 e. The molecule has 1 amide bonds. The third-order valence-electron chi connectivity index (χ3n) is 4.19. The number of hydrogen-bond donors (Lipinski definition) is 2. The van der Waals surface area contributed by atoms with E-state index in [-0.39, 0.29) is 11.9 Å². The number of aromatic amines is 1. The molecule has 7 nitrogen and oxygen atoms in total. The minimum atomic E-state index is -0.250. The molecule has 1 aromatic carbocycles. The minimum Gasteiger partial charge on any atom is -0.341 e. The smallest absolute Gasteiger partial charge is 0.272 e. The van der Waals surface area contributed by atoms with Crippen LogP contribution in [0.4, 0.5) is 0 Å². The van der Waals surface area contributed by atoms with Gasteiger partial charge in [-0.2, -0.15) is 0 Å². The molecule has 0 saturated carbocycles. The van der Waals surface area contributed by atoms with E-state index in [9.17, 15) is 4.79 Å². The fraction of sp³-hybridized carbons (Fsp3) is 0.158. The van der Waals surface area contributed by atoms with E-state index in [2.05, 4.69) is 25.3 Å². The molecule has 2 N–H and O–H groups in total. The van der Waals surface area contributed by atoms with Crippen molar-refractivity contribution in [3.05, 3.63) is 72.7 Å². The van der Waals surface area contributed by atoms with Crippen LogP contribution in [0.15, 0.2) is 61.2 Å². The van der Waals surface area contributed by atoms with E-state index < -0.39 is 0 Å². The Labute approximate surface area is 150 Å². The number of imidazole rings is 2. The summed E-state index contributed by atoms with van der Waals surface area (Å²) in [4.78, 5) is 28.7. The summed E-state index contributed by atoms with van der Waals surface area (Å²) in [6.45, 7) is 2.00. The van der Waals surface area contributed by atoms with E-state index >= 15 is 0 Å². The number of nitrogens with zero attached hydrogens (tertiary/aromatic N) is 4. The van der Waals surface area contributed by atoms with Gasteiger partial charge in [0.2, 0.25) is 5.78 Å². The predicted octanol–water partition coefficient (Wildman–Crippen LogP) is 3.00. The first kappa shape index (κ1) is 16.0. The Kier molecular flexibility index (Phi) is 4.18. The highest BCUT2D eigenvalue weighted by molar-refractivity contribution is 5.92. The first-order valence-corrected chi connectivity index (χ1v) is 8.45. The van der Waals surface area contributed by atoms with Gasteiger partial charge in [-0.25, -0.2) is 15.0 Å². The van der Waals surface area contributed by atoms with Crippen molar-refractivity contribution in [3.63, 3.8) is 0 Å². The van der Waals surface area contributed by atoms with E-state index in [1.807, 2.05) is 43.5 Å². The van der Waals surface area contributed by atoms with Crippen molar-refractivity contribution in [1.29, 1.82) is 0 Å². The maximum atomic E-state index is 12.6. The molecule has 130 valence electrons. The Bertz CT molecular complexity index is 1000. The lowest BCUT2D eigenvalue weighted by Gasteiger charge is -2.13. The molecular formula is C19H18N6O. The molecule has 1 unspecified atom stereocenters. The van der Waals surface area contributed by atoms with E-state index in [0.717, 1.165) is 17.1 Å². The number of fused-ring (bicyclic) bond motifs is 1. The Morgan fingerprint density at radius 1 is 1.23 bits per heavy atom. The van der Waals surface area contributed by atoms with Crippen LogP contribution in [0.5, 0.6) is 0 Å². The number of hydrogen-bond acceptors (Lipinski definition) is 4. The first-order valence-electron chi connectivity index (χ1n) is 8.45. The second-order valence-electron chi connectivity index (χ2n) is 5.94. The number of carbonyl (C=O) groups is 1. The molecule has 0 saturated heterocycles. The fourth-order valence-electron chi connectivity index (χ4n) is 2.81. The zero-order chi connectivity index (χ0) is 17.9. The second-order valence-corrected chi connectivity index (χ2v) is 5.94. The van der Waals surface area contributed by atoms with Crippen LogP contribution in [0.2, 0.25) is 0 Å². The van der Waals surface area contributed by atoms with Gasteiger partial charge in [0.05, 0.1) is 17.9 Å². The van der Waals surface area contributed by atoms with Gasteiger partial charge in [-0.15, -0.1) is 0 Å². The first-order chi connectivity index (χ1) is 12.7.